The van der Waals surface area contributed by atoms with Crippen LogP contribution in [0.4, 0.5) is 4.39 Å². The molecule has 96 valence electrons. The summed E-state index contributed by atoms with van der Waals surface area (Å²) in [6.45, 7) is 5.60. The first kappa shape index (κ1) is 13.0. The van der Waals surface area contributed by atoms with Crippen LogP contribution in [0.5, 0.6) is 0 Å². The van der Waals surface area contributed by atoms with Gasteiger partial charge in [0.05, 0.1) is 0 Å². The van der Waals surface area contributed by atoms with Crippen LogP contribution in [0.1, 0.15) is 22.8 Å². The van der Waals surface area contributed by atoms with Crippen LogP contribution in [0.2, 0.25) is 0 Å². The van der Waals surface area contributed by atoms with Crippen molar-refractivity contribution in [3.05, 3.63) is 66.0 Å². The fraction of sp³-hybridized carbons (Fsp3) is 0.0625. The van der Waals surface area contributed by atoms with Gasteiger partial charge in [0.1, 0.15) is 11.4 Å². The summed E-state index contributed by atoms with van der Waals surface area (Å²) >= 11 is 0. The molecule has 0 aliphatic heterocycles. The van der Waals surface area contributed by atoms with Crippen molar-refractivity contribution in [2.24, 2.45) is 0 Å². The molecule has 0 atom stereocenters. The lowest BCUT2D eigenvalue weighted by atomic mass is 9.91. The molecule has 3 heteroatoms. The third-order valence-corrected chi connectivity index (χ3v) is 2.89. The predicted molar refractivity (Wildman–Crippen MR) is 73.5 cm³/mol. The van der Waals surface area contributed by atoms with Crippen molar-refractivity contribution in [3.63, 3.8) is 0 Å². The second kappa shape index (κ2) is 5.06. The van der Waals surface area contributed by atoms with Gasteiger partial charge in [-0.2, -0.15) is 0 Å². The van der Waals surface area contributed by atoms with Gasteiger partial charge < -0.3 is 5.11 Å². The molecule has 0 aliphatic carbocycles. The summed E-state index contributed by atoms with van der Waals surface area (Å²) in [6.07, 6.45) is 0. The van der Waals surface area contributed by atoms with Crippen molar-refractivity contribution in [2.75, 3.05) is 0 Å². The van der Waals surface area contributed by atoms with E-state index in [2.05, 4.69) is 6.58 Å². The first-order valence-electron chi connectivity index (χ1n) is 5.79. The van der Waals surface area contributed by atoms with Gasteiger partial charge in [-0.25, -0.2) is 9.18 Å². The third-order valence-electron chi connectivity index (χ3n) is 2.89. The fourth-order valence-electron chi connectivity index (χ4n) is 2.05. The lowest BCUT2D eigenvalue weighted by molar-refractivity contribution is 0.0693. The van der Waals surface area contributed by atoms with E-state index in [1.54, 1.807) is 37.3 Å². The molecule has 0 amide bonds. The summed E-state index contributed by atoms with van der Waals surface area (Å²) in [4.78, 5) is 11.3. The van der Waals surface area contributed by atoms with Crippen LogP contribution in [0.25, 0.3) is 16.7 Å². The molecule has 0 heterocycles. The number of carbonyl (C=O) groups is 1. The lowest BCUT2D eigenvalue weighted by Crippen LogP contribution is -2.06. The summed E-state index contributed by atoms with van der Waals surface area (Å²) in [5, 5.41) is 9.24. The summed E-state index contributed by atoms with van der Waals surface area (Å²) in [6, 6.07) is 11.6. The molecule has 0 aliphatic rings. The Kier molecular flexibility index (Phi) is 3.47. The number of hydrogen-bond donors (Lipinski definition) is 1. The van der Waals surface area contributed by atoms with Crippen molar-refractivity contribution in [1.82, 2.24) is 0 Å². The van der Waals surface area contributed by atoms with Crippen molar-refractivity contribution < 1.29 is 14.3 Å². The van der Waals surface area contributed by atoms with Crippen LogP contribution in [0.3, 0.4) is 0 Å². The SMILES string of the molecule is C=C(C)c1ccc(F)c(C(=O)O)c1-c1ccccc1. The van der Waals surface area contributed by atoms with Gasteiger partial charge in [-0.15, -0.1) is 0 Å². The largest absolute Gasteiger partial charge is 0.478 e. The first-order chi connectivity index (χ1) is 9.02. The number of carboxylic acids is 1. The van der Waals surface area contributed by atoms with Crippen molar-refractivity contribution in [2.45, 2.75) is 6.92 Å². The van der Waals surface area contributed by atoms with E-state index in [1.165, 1.54) is 6.07 Å². The molecule has 0 saturated heterocycles. The third kappa shape index (κ3) is 2.40. The first-order valence-corrected chi connectivity index (χ1v) is 5.79. The number of aromatic carboxylic acids is 1. The Balaban J connectivity index is 2.85. The Bertz CT molecular complexity index is 645. The van der Waals surface area contributed by atoms with E-state index in [-0.39, 0.29) is 5.56 Å². The zero-order chi connectivity index (χ0) is 14.0. The molecule has 0 fully saturated rings. The molecule has 0 saturated carbocycles. The maximum Gasteiger partial charge on any atom is 0.339 e. The van der Waals surface area contributed by atoms with Gasteiger partial charge in [-0.3, -0.25) is 0 Å². The number of benzene rings is 2. The predicted octanol–water partition coefficient (Wildman–Crippen LogP) is 4.22. The zero-order valence-electron chi connectivity index (χ0n) is 10.5. The van der Waals surface area contributed by atoms with E-state index in [4.69, 9.17) is 0 Å². The van der Waals surface area contributed by atoms with Crippen LogP contribution in [-0.2, 0) is 0 Å². The second-order valence-corrected chi connectivity index (χ2v) is 4.30. The van der Waals surface area contributed by atoms with Gasteiger partial charge in [0.2, 0.25) is 0 Å². The molecule has 2 nitrogen and oxygen atoms in total. The molecule has 0 spiro atoms. The molecule has 1 N–H and O–H groups in total. The average Bonchev–Trinajstić information content (AvgIpc) is 2.38. The van der Waals surface area contributed by atoms with E-state index in [0.717, 1.165) is 0 Å². The Labute approximate surface area is 110 Å². The number of carboxylic acid groups (broad SMARTS) is 1. The van der Waals surface area contributed by atoms with E-state index in [0.29, 0.717) is 22.3 Å². The minimum absolute atomic E-state index is 0.313. The Morgan fingerprint density at radius 2 is 1.79 bits per heavy atom. The van der Waals surface area contributed by atoms with E-state index in [9.17, 15) is 14.3 Å². The summed E-state index contributed by atoms with van der Waals surface area (Å²) < 4.78 is 13.8. The van der Waals surface area contributed by atoms with Gasteiger partial charge in [-0.05, 0) is 24.1 Å². The molecule has 0 aromatic heterocycles. The molecule has 2 aromatic carbocycles. The van der Waals surface area contributed by atoms with Gasteiger partial charge >= 0.3 is 5.97 Å². The molecular formula is C16H13FO2. The Morgan fingerprint density at radius 3 is 2.32 bits per heavy atom. The van der Waals surface area contributed by atoms with Gasteiger partial charge in [0, 0.05) is 5.56 Å². The van der Waals surface area contributed by atoms with Crippen molar-refractivity contribution in [1.29, 1.82) is 0 Å². The minimum Gasteiger partial charge on any atom is -0.478 e. The highest BCUT2D eigenvalue weighted by molar-refractivity contribution is 5.99. The van der Waals surface area contributed by atoms with Gasteiger partial charge in [0.15, 0.2) is 0 Å². The topological polar surface area (TPSA) is 37.3 Å². The van der Waals surface area contributed by atoms with Crippen LogP contribution >= 0.6 is 0 Å². The second-order valence-electron chi connectivity index (χ2n) is 4.30. The summed E-state index contributed by atoms with van der Waals surface area (Å²) in [7, 11) is 0. The lowest BCUT2D eigenvalue weighted by Gasteiger charge is -2.13. The molecule has 19 heavy (non-hydrogen) atoms. The van der Waals surface area contributed by atoms with E-state index >= 15 is 0 Å². The molecule has 0 bridgehead atoms. The van der Waals surface area contributed by atoms with Crippen LogP contribution < -0.4 is 0 Å². The Hall–Kier alpha value is -2.42. The van der Waals surface area contributed by atoms with Gasteiger partial charge in [0.25, 0.3) is 0 Å². The number of hydrogen-bond acceptors (Lipinski definition) is 1. The molecule has 2 aromatic rings. The molecular weight excluding hydrogens is 243 g/mol. The maximum atomic E-state index is 13.8. The number of halogens is 1. The Morgan fingerprint density at radius 1 is 1.16 bits per heavy atom. The smallest absolute Gasteiger partial charge is 0.339 e. The van der Waals surface area contributed by atoms with Crippen molar-refractivity contribution >= 4 is 11.5 Å². The van der Waals surface area contributed by atoms with E-state index in [1.807, 2.05) is 6.07 Å². The van der Waals surface area contributed by atoms with Crippen molar-refractivity contribution in [3.8, 4) is 11.1 Å². The standard InChI is InChI=1S/C16H13FO2/c1-10(2)12-8-9-13(17)15(16(18)19)14(12)11-6-4-3-5-7-11/h3-9H,1H2,2H3,(H,18,19). The number of allylic oxidation sites excluding steroid dienone is 1. The molecule has 0 radical (unpaired) electrons. The van der Waals surface area contributed by atoms with Gasteiger partial charge in [-0.1, -0.05) is 48.6 Å². The van der Waals surface area contributed by atoms with Crippen LogP contribution in [0.15, 0.2) is 49.0 Å². The molecule has 2 rings (SSSR count). The number of rotatable bonds is 3. The highest BCUT2D eigenvalue weighted by Gasteiger charge is 2.20. The normalized spacial score (nSPS) is 10.2. The highest BCUT2D eigenvalue weighted by atomic mass is 19.1. The fourth-order valence-corrected chi connectivity index (χ4v) is 2.05. The average molecular weight is 256 g/mol. The molecule has 0 unspecified atom stereocenters. The van der Waals surface area contributed by atoms with Crippen LogP contribution in [-0.4, -0.2) is 11.1 Å². The summed E-state index contributed by atoms with van der Waals surface area (Å²) in [5.74, 6) is -2.02. The van der Waals surface area contributed by atoms with E-state index < -0.39 is 11.8 Å². The maximum absolute atomic E-state index is 13.8. The monoisotopic (exact) mass is 256 g/mol. The summed E-state index contributed by atoms with van der Waals surface area (Å²) in [5.41, 5.74) is 2.07. The zero-order valence-corrected chi connectivity index (χ0v) is 10.5. The highest BCUT2D eigenvalue weighted by Crippen LogP contribution is 2.33. The minimum atomic E-state index is -1.28. The quantitative estimate of drug-likeness (QED) is 0.892. The van der Waals surface area contributed by atoms with Crippen LogP contribution in [0, 0.1) is 5.82 Å².